The van der Waals surface area contributed by atoms with Gasteiger partial charge in [-0.05, 0) is 31.5 Å². The lowest BCUT2D eigenvalue weighted by atomic mass is 10.1. The predicted molar refractivity (Wildman–Crippen MR) is 138 cm³/mol. The van der Waals surface area contributed by atoms with Gasteiger partial charge < -0.3 is 34.3 Å². The van der Waals surface area contributed by atoms with Gasteiger partial charge in [-0.2, -0.15) is 0 Å². The molecule has 0 saturated heterocycles. The van der Waals surface area contributed by atoms with Crippen molar-refractivity contribution in [2.45, 2.75) is 19.4 Å². The molecule has 0 bridgehead atoms. The molecule has 32 heavy (non-hydrogen) atoms. The molecule has 0 aliphatic carbocycles. The highest BCUT2D eigenvalue weighted by atomic mass is 127. The second-order valence-corrected chi connectivity index (χ2v) is 6.70. The van der Waals surface area contributed by atoms with Crippen molar-refractivity contribution in [3.8, 4) is 28.7 Å². The summed E-state index contributed by atoms with van der Waals surface area (Å²) in [6, 6.07) is 11.4. The topological polar surface area (TPSA) is 82.6 Å². The van der Waals surface area contributed by atoms with E-state index in [0.717, 1.165) is 12.0 Å². The van der Waals surface area contributed by atoms with Crippen LogP contribution in [0.15, 0.2) is 41.4 Å². The van der Waals surface area contributed by atoms with Crippen LogP contribution in [0.3, 0.4) is 0 Å². The van der Waals surface area contributed by atoms with Gasteiger partial charge in [0.05, 0.1) is 35.0 Å². The van der Waals surface area contributed by atoms with Crippen LogP contribution in [0.4, 0.5) is 0 Å². The fraction of sp³-hybridized carbons (Fsp3) is 0.435. The van der Waals surface area contributed by atoms with Crippen molar-refractivity contribution >= 4 is 29.9 Å². The molecule has 0 fully saturated rings. The maximum atomic E-state index is 5.97. The van der Waals surface area contributed by atoms with E-state index in [1.165, 1.54) is 0 Å². The Bertz CT molecular complexity index is 864. The van der Waals surface area contributed by atoms with Crippen LogP contribution in [0, 0.1) is 0 Å². The molecule has 2 N–H and O–H groups in total. The van der Waals surface area contributed by atoms with Crippen LogP contribution in [0.2, 0.25) is 0 Å². The average Bonchev–Trinajstić information content (AvgIpc) is 2.80. The van der Waals surface area contributed by atoms with E-state index in [-0.39, 0.29) is 30.1 Å². The van der Waals surface area contributed by atoms with E-state index in [2.05, 4.69) is 15.6 Å². The van der Waals surface area contributed by atoms with Gasteiger partial charge in [0.15, 0.2) is 29.0 Å². The highest BCUT2D eigenvalue weighted by molar-refractivity contribution is 14.0. The molecular formula is C23H34IN3O5. The molecule has 0 spiro atoms. The minimum Gasteiger partial charge on any atom is -0.493 e. The van der Waals surface area contributed by atoms with Crippen molar-refractivity contribution in [3.63, 3.8) is 0 Å². The molecule has 0 aliphatic rings. The molecule has 0 aliphatic heterocycles. The first-order valence-electron chi connectivity index (χ1n) is 10.1. The maximum absolute atomic E-state index is 5.97. The lowest BCUT2D eigenvalue weighted by Gasteiger charge is -2.19. The predicted octanol–water partition coefficient (Wildman–Crippen LogP) is 3.51. The lowest BCUT2D eigenvalue weighted by Crippen LogP contribution is -2.42. The quantitative estimate of drug-likeness (QED) is 0.248. The summed E-state index contributed by atoms with van der Waals surface area (Å²) in [6.07, 6.45) is 0.637. The Morgan fingerprint density at radius 1 is 0.844 bits per heavy atom. The number of benzene rings is 2. The summed E-state index contributed by atoms with van der Waals surface area (Å²) in [5.74, 6) is 4.01. The summed E-state index contributed by atoms with van der Waals surface area (Å²) >= 11 is 0. The summed E-state index contributed by atoms with van der Waals surface area (Å²) in [5.41, 5.74) is 1.01. The largest absolute Gasteiger partial charge is 0.493 e. The van der Waals surface area contributed by atoms with Gasteiger partial charge in [-0.1, -0.05) is 18.2 Å². The van der Waals surface area contributed by atoms with Crippen molar-refractivity contribution in [2.24, 2.45) is 4.99 Å². The minimum atomic E-state index is -0.0826. The SMILES string of the molecule is CN=C(NCCc1ccc(OC)c(OC)c1OC)NCC(C)Oc1ccccc1OC.I. The monoisotopic (exact) mass is 559 g/mol. The van der Waals surface area contributed by atoms with Crippen molar-refractivity contribution in [1.29, 1.82) is 0 Å². The second kappa shape index (κ2) is 14.5. The van der Waals surface area contributed by atoms with Gasteiger partial charge >= 0.3 is 0 Å². The van der Waals surface area contributed by atoms with Crippen LogP contribution in [0.5, 0.6) is 28.7 Å². The Kier molecular flexibility index (Phi) is 12.4. The van der Waals surface area contributed by atoms with E-state index in [0.29, 0.717) is 47.8 Å². The standard InChI is InChI=1S/C23H33N3O5.HI/c1-16(31-19-10-8-7-9-18(19)27-3)15-26-23(24-2)25-14-13-17-11-12-20(28-4)22(30-6)21(17)29-5;/h7-12,16H,13-15H2,1-6H3,(H2,24,25,26);1H. The zero-order valence-electron chi connectivity index (χ0n) is 19.6. The summed E-state index contributed by atoms with van der Waals surface area (Å²) < 4.78 is 27.6. The number of aliphatic imine (C=N–C) groups is 1. The molecule has 1 atom stereocenters. The molecule has 8 nitrogen and oxygen atoms in total. The van der Waals surface area contributed by atoms with Gasteiger partial charge in [0.1, 0.15) is 6.10 Å². The highest BCUT2D eigenvalue weighted by Gasteiger charge is 2.15. The zero-order chi connectivity index (χ0) is 22.6. The van der Waals surface area contributed by atoms with Crippen molar-refractivity contribution < 1.29 is 23.7 Å². The van der Waals surface area contributed by atoms with Crippen molar-refractivity contribution in [2.75, 3.05) is 48.6 Å². The molecule has 0 aromatic heterocycles. The van der Waals surface area contributed by atoms with Gasteiger partial charge in [-0.15, -0.1) is 24.0 Å². The Hall–Kier alpha value is -2.56. The van der Waals surface area contributed by atoms with Gasteiger partial charge in [0.25, 0.3) is 0 Å². The van der Waals surface area contributed by atoms with Crippen LogP contribution < -0.4 is 34.3 Å². The normalized spacial score (nSPS) is 11.6. The first-order chi connectivity index (χ1) is 15.1. The summed E-state index contributed by atoms with van der Waals surface area (Å²) in [4.78, 5) is 4.27. The van der Waals surface area contributed by atoms with Gasteiger partial charge in [0, 0.05) is 19.2 Å². The minimum absolute atomic E-state index is 0. The second-order valence-electron chi connectivity index (χ2n) is 6.70. The Balaban J connectivity index is 0.00000512. The van der Waals surface area contributed by atoms with Gasteiger partial charge in [-0.3, -0.25) is 4.99 Å². The zero-order valence-corrected chi connectivity index (χ0v) is 21.9. The van der Waals surface area contributed by atoms with Crippen LogP contribution >= 0.6 is 24.0 Å². The summed E-state index contributed by atoms with van der Waals surface area (Å²) in [7, 11) is 8.19. The fourth-order valence-electron chi connectivity index (χ4n) is 3.11. The first kappa shape index (κ1) is 27.5. The van der Waals surface area contributed by atoms with Gasteiger partial charge in [0.2, 0.25) is 5.75 Å². The van der Waals surface area contributed by atoms with E-state index < -0.39 is 0 Å². The van der Waals surface area contributed by atoms with Crippen LogP contribution in [0.25, 0.3) is 0 Å². The number of hydrogen-bond donors (Lipinski definition) is 2. The molecule has 0 amide bonds. The molecule has 0 saturated carbocycles. The number of methoxy groups -OCH3 is 4. The average molecular weight is 559 g/mol. The number of rotatable bonds is 11. The molecule has 2 aromatic rings. The van der Waals surface area contributed by atoms with E-state index in [4.69, 9.17) is 23.7 Å². The lowest BCUT2D eigenvalue weighted by molar-refractivity contribution is 0.213. The first-order valence-corrected chi connectivity index (χ1v) is 10.1. The van der Waals surface area contributed by atoms with Crippen molar-refractivity contribution in [3.05, 3.63) is 42.0 Å². The Labute approximate surface area is 207 Å². The number of hydrogen-bond acceptors (Lipinski definition) is 6. The molecule has 2 aromatic carbocycles. The van der Waals surface area contributed by atoms with E-state index in [1.807, 2.05) is 43.3 Å². The summed E-state index contributed by atoms with van der Waals surface area (Å²) in [6.45, 7) is 3.23. The number of nitrogens with zero attached hydrogens (tertiary/aromatic N) is 1. The molecule has 0 heterocycles. The fourth-order valence-corrected chi connectivity index (χ4v) is 3.11. The maximum Gasteiger partial charge on any atom is 0.203 e. The van der Waals surface area contributed by atoms with Crippen LogP contribution in [-0.2, 0) is 6.42 Å². The molecule has 1 unspecified atom stereocenters. The Morgan fingerprint density at radius 2 is 1.50 bits per heavy atom. The number of para-hydroxylation sites is 2. The van der Waals surface area contributed by atoms with Crippen LogP contribution in [0.1, 0.15) is 12.5 Å². The summed E-state index contributed by atoms with van der Waals surface area (Å²) in [5, 5.41) is 6.59. The highest BCUT2D eigenvalue weighted by Crippen LogP contribution is 2.39. The smallest absolute Gasteiger partial charge is 0.203 e. The third-order valence-electron chi connectivity index (χ3n) is 4.65. The molecule has 2 rings (SSSR count). The molecule has 178 valence electrons. The van der Waals surface area contributed by atoms with Crippen LogP contribution in [-0.4, -0.2) is 60.6 Å². The van der Waals surface area contributed by atoms with E-state index >= 15 is 0 Å². The third-order valence-corrected chi connectivity index (χ3v) is 4.65. The third kappa shape index (κ3) is 7.54. The van der Waals surface area contributed by atoms with E-state index in [9.17, 15) is 0 Å². The van der Waals surface area contributed by atoms with Crippen molar-refractivity contribution in [1.82, 2.24) is 10.6 Å². The van der Waals surface area contributed by atoms with Gasteiger partial charge in [-0.25, -0.2) is 0 Å². The molecule has 9 heteroatoms. The number of halogens is 1. The number of nitrogens with one attached hydrogen (secondary N) is 2. The molecule has 0 radical (unpaired) electrons. The number of guanidine groups is 1. The Morgan fingerprint density at radius 3 is 2.09 bits per heavy atom. The van der Waals surface area contributed by atoms with E-state index in [1.54, 1.807) is 35.5 Å². The molecular weight excluding hydrogens is 525 g/mol. The number of ether oxygens (including phenoxy) is 5.